The number of nitrogens with zero attached hydrogens (tertiary/aromatic N) is 1. The first kappa shape index (κ1) is 11.2. The third-order valence-corrected chi connectivity index (χ3v) is 3.30. The zero-order chi connectivity index (χ0) is 11.5. The fourth-order valence-electron chi connectivity index (χ4n) is 1.11. The van der Waals surface area contributed by atoms with Crippen molar-refractivity contribution in [3.63, 3.8) is 0 Å². The van der Waals surface area contributed by atoms with E-state index in [9.17, 15) is 9.18 Å². The van der Waals surface area contributed by atoms with Crippen molar-refractivity contribution < 1.29 is 9.18 Å². The van der Waals surface area contributed by atoms with Crippen LogP contribution in [0.3, 0.4) is 0 Å². The number of thiazole rings is 1. The summed E-state index contributed by atoms with van der Waals surface area (Å²) in [4.78, 5) is 15.6. The highest BCUT2D eigenvalue weighted by Gasteiger charge is 2.10. The minimum atomic E-state index is -0.391. The summed E-state index contributed by atoms with van der Waals surface area (Å²) in [5.74, 6) is -0.737. The maximum atomic E-state index is 12.9. The molecule has 1 aromatic heterocycles. The van der Waals surface area contributed by atoms with Crippen LogP contribution in [0.1, 0.15) is 9.80 Å². The summed E-state index contributed by atoms with van der Waals surface area (Å²) in [5.41, 5.74) is 0.413. The van der Waals surface area contributed by atoms with Crippen LogP contribution in [-0.4, -0.2) is 10.9 Å². The lowest BCUT2D eigenvalue weighted by Crippen LogP contribution is -2.11. The van der Waals surface area contributed by atoms with E-state index in [1.165, 1.54) is 29.5 Å². The van der Waals surface area contributed by atoms with Gasteiger partial charge in [0.1, 0.15) is 10.4 Å². The molecular weight excluding hydrogens is 295 g/mol. The SMILES string of the molecule is O=C(Nc1cccc(F)c1)c1nc(Br)cs1. The molecule has 1 heterocycles. The second-order valence-corrected chi connectivity index (χ2v) is 4.61. The van der Waals surface area contributed by atoms with Gasteiger partial charge in [-0.2, -0.15) is 0 Å². The Morgan fingerprint density at radius 2 is 2.31 bits per heavy atom. The highest BCUT2D eigenvalue weighted by molar-refractivity contribution is 9.10. The molecular formula is C10H6BrFN2OS. The van der Waals surface area contributed by atoms with E-state index in [1.54, 1.807) is 11.4 Å². The van der Waals surface area contributed by atoms with Crippen LogP contribution in [0.2, 0.25) is 0 Å². The Bertz CT molecular complexity index is 529. The molecule has 0 aliphatic rings. The topological polar surface area (TPSA) is 42.0 Å². The number of rotatable bonds is 2. The van der Waals surface area contributed by atoms with E-state index in [-0.39, 0.29) is 5.91 Å². The molecule has 3 nitrogen and oxygen atoms in total. The van der Waals surface area contributed by atoms with Gasteiger partial charge in [-0.05, 0) is 34.1 Å². The lowest BCUT2D eigenvalue weighted by Gasteiger charge is -2.02. The lowest BCUT2D eigenvalue weighted by atomic mass is 10.3. The number of hydrogen-bond acceptors (Lipinski definition) is 3. The third-order valence-electron chi connectivity index (χ3n) is 1.75. The fourth-order valence-corrected chi connectivity index (χ4v) is 2.26. The molecule has 1 N–H and O–H groups in total. The predicted octanol–water partition coefficient (Wildman–Crippen LogP) is 3.30. The molecule has 82 valence electrons. The van der Waals surface area contributed by atoms with Crippen molar-refractivity contribution in [2.24, 2.45) is 0 Å². The van der Waals surface area contributed by atoms with Crippen LogP contribution < -0.4 is 5.32 Å². The number of carbonyl (C=O) groups excluding carboxylic acids is 1. The Balaban J connectivity index is 2.13. The number of hydrogen-bond donors (Lipinski definition) is 1. The van der Waals surface area contributed by atoms with Gasteiger partial charge in [0.2, 0.25) is 0 Å². The van der Waals surface area contributed by atoms with E-state index in [1.807, 2.05) is 0 Å². The van der Waals surface area contributed by atoms with E-state index >= 15 is 0 Å². The molecule has 1 aromatic carbocycles. The first-order valence-corrected chi connectivity index (χ1v) is 6.00. The molecule has 0 unspecified atom stereocenters. The van der Waals surface area contributed by atoms with Gasteiger partial charge in [-0.15, -0.1) is 11.3 Å². The Hall–Kier alpha value is -1.27. The molecule has 16 heavy (non-hydrogen) atoms. The Morgan fingerprint density at radius 1 is 1.50 bits per heavy atom. The van der Waals surface area contributed by atoms with Gasteiger partial charge in [-0.25, -0.2) is 9.37 Å². The lowest BCUT2D eigenvalue weighted by molar-refractivity contribution is 0.102. The van der Waals surface area contributed by atoms with Gasteiger partial charge in [-0.3, -0.25) is 4.79 Å². The first-order chi connectivity index (χ1) is 7.65. The molecule has 0 radical (unpaired) electrons. The summed E-state index contributed by atoms with van der Waals surface area (Å²) in [7, 11) is 0. The molecule has 0 spiro atoms. The van der Waals surface area contributed by atoms with Crippen LogP contribution in [-0.2, 0) is 0 Å². The molecule has 2 rings (SSSR count). The van der Waals surface area contributed by atoms with Gasteiger partial charge in [0, 0.05) is 11.1 Å². The van der Waals surface area contributed by atoms with Crippen molar-refractivity contribution in [2.75, 3.05) is 5.32 Å². The van der Waals surface area contributed by atoms with Crippen LogP contribution in [0, 0.1) is 5.82 Å². The molecule has 1 amide bonds. The maximum Gasteiger partial charge on any atom is 0.284 e. The Morgan fingerprint density at radius 3 is 2.94 bits per heavy atom. The maximum absolute atomic E-state index is 12.9. The number of aromatic nitrogens is 1. The average molecular weight is 301 g/mol. The summed E-state index contributed by atoms with van der Waals surface area (Å²) in [6.07, 6.45) is 0. The highest BCUT2D eigenvalue weighted by Crippen LogP contribution is 2.17. The fraction of sp³-hybridized carbons (Fsp3) is 0. The molecule has 0 saturated heterocycles. The number of benzene rings is 1. The molecule has 6 heteroatoms. The van der Waals surface area contributed by atoms with E-state index in [0.717, 1.165) is 0 Å². The Kier molecular flexibility index (Phi) is 3.31. The standard InChI is InChI=1S/C10H6BrFN2OS/c11-8-5-16-10(14-8)9(15)13-7-3-1-2-6(12)4-7/h1-5H,(H,13,15). The zero-order valence-electron chi connectivity index (χ0n) is 7.91. The van der Waals surface area contributed by atoms with E-state index in [2.05, 4.69) is 26.2 Å². The molecule has 0 atom stereocenters. The summed E-state index contributed by atoms with van der Waals surface area (Å²) in [6, 6.07) is 5.71. The summed E-state index contributed by atoms with van der Waals surface area (Å²) < 4.78 is 13.5. The quantitative estimate of drug-likeness (QED) is 0.924. The number of nitrogens with one attached hydrogen (secondary N) is 1. The number of carbonyl (C=O) groups is 1. The summed E-state index contributed by atoms with van der Waals surface area (Å²) in [6.45, 7) is 0. The third kappa shape index (κ3) is 2.65. The molecule has 0 bridgehead atoms. The second-order valence-electron chi connectivity index (χ2n) is 2.94. The minimum absolute atomic E-state index is 0.330. The minimum Gasteiger partial charge on any atom is -0.320 e. The molecule has 0 fully saturated rings. The molecule has 2 aromatic rings. The van der Waals surface area contributed by atoms with E-state index in [4.69, 9.17) is 0 Å². The largest absolute Gasteiger partial charge is 0.320 e. The van der Waals surface area contributed by atoms with Crippen LogP contribution in [0.4, 0.5) is 10.1 Å². The van der Waals surface area contributed by atoms with Crippen molar-refractivity contribution in [1.82, 2.24) is 4.98 Å². The van der Waals surface area contributed by atoms with Crippen molar-refractivity contribution in [2.45, 2.75) is 0 Å². The predicted molar refractivity (Wildman–Crippen MR) is 64.2 cm³/mol. The van der Waals surface area contributed by atoms with Crippen LogP contribution in [0.25, 0.3) is 0 Å². The van der Waals surface area contributed by atoms with Crippen molar-refractivity contribution in [3.8, 4) is 0 Å². The number of halogens is 2. The van der Waals surface area contributed by atoms with Crippen LogP contribution in [0.5, 0.6) is 0 Å². The summed E-state index contributed by atoms with van der Waals surface area (Å²) >= 11 is 4.37. The van der Waals surface area contributed by atoms with Crippen molar-refractivity contribution in [3.05, 3.63) is 45.1 Å². The smallest absolute Gasteiger partial charge is 0.284 e. The second kappa shape index (κ2) is 4.71. The summed E-state index contributed by atoms with van der Waals surface area (Å²) in [5, 5.41) is 4.60. The Labute approximate surface area is 103 Å². The van der Waals surface area contributed by atoms with Crippen molar-refractivity contribution in [1.29, 1.82) is 0 Å². The van der Waals surface area contributed by atoms with Crippen molar-refractivity contribution >= 4 is 38.9 Å². The first-order valence-electron chi connectivity index (χ1n) is 4.33. The average Bonchev–Trinajstić information content (AvgIpc) is 2.65. The number of amides is 1. The van der Waals surface area contributed by atoms with Gasteiger partial charge in [-0.1, -0.05) is 6.07 Å². The van der Waals surface area contributed by atoms with E-state index in [0.29, 0.717) is 15.3 Å². The number of anilines is 1. The van der Waals surface area contributed by atoms with Gasteiger partial charge < -0.3 is 5.32 Å². The monoisotopic (exact) mass is 300 g/mol. The zero-order valence-corrected chi connectivity index (χ0v) is 10.3. The van der Waals surface area contributed by atoms with Crippen LogP contribution >= 0.6 is 27.3 Å². The highest BCUT2D eigenvalue weighted by atomic mass is 79.9. The normalized spacial score (nSPS) is 10.1. The van der Waals surface area contributed by atoms with Gasteiger partial charge in [0.15, 0.2) is 5.01 Å². The van der Waals surface area contributed by atoms with Gasteiger partial charge in [0.25, 0.3) is 5.91 Å². The van der Waals surface area contributed by atoms with E-state index < -0.39 is 5.82 Å². The van der Waals surface area contributed by atoms with Gasteiger partial charge in [0.05, 0.1) is 0 Å². The molecule has 0 aliphatic heterocycles. The molecule has 0 aliphatic carbocycles. The van der Waals surface area contributed by atoms with Gasteiger partial charge >= 0.3 is 0 Å². The molecule has 0 saturated carbocycles. The van der Waals surface area contributed by atoms with Crippen LogP contribution in [0.15, 0.2) is 34.2 Å².